The topological polar surface area (TPSA) is 70.0 Å². The number of thiocyanates is 1. The maximum absolute atomic E-state index is 12.1. The highest BCUT2D eigenvalue weighted by Crippen LogP contribution is 2.26. The molecule has 1 aromatic heterocycles. The van der Waals surface area contributed by atoms with E-state index >= 15 is 0 Å². The fourth-order valence-corrected chi connectivity index (χ4v) is 4.08. The summed E-state index contributed by atoms with van der Waals surface area (Å²) in [6, 6.07) is 8.41. The van der Waals surface area contributed by atoms with Gasteiger partial charge in [0.2, 0.25) is 0 Å². The molecule has 7 heteroatoms. The van der Waals surface area contributed by atoms with Crippen LogP contribution in [0.1, 0.15) is 5.56 Å². The highest BCUT2D eigenvalue weighted by molar-refractivity contribution is 8.03. The Kier molecular flexibility index (Phi) is 4.14. The number of thioether (sulfide) groups is 1. The Morgan fingerprint density at radius 3 is 2.74 bits per heavy atom. The van der Waals surface area contributed by atoms with Gasteiger partial charge in [0.15, 0.2) is 0 Å². The second kappa shape index (κ2) is 5.65. The number of rotatable bonds is 4. The Labute approximate surface area is 120 Å². The first-order valence-electron chi connectivity index (χ1n) is 5.26. The number of sulfonamides is 1. The molecule has 98 valence electrons. The molecular formula is C12H10N2O2S3. The van der Waals surface area contributed by atoms with E-state index in [-0.39, 0.29) is 4.21 Å². The molecule has 0 bridgehead atoms. The van der Waals surface area contributed by atoms with Gasteiger partial charge in [-0.15, -0.1) is 11.3 Å². The summed E-state index contributed by atoms with van der Waals surface area (Å²) < 4.78 is 27.0. The van der Waals surface area contributed by atoms with E-state index in [1.165, 1.54) is 11.3 Å². The highest BCUT2D eigenvalue weighted by atomic mass is 32.2. The van der Waals surface area contributed by atoms with Crippen LogP contribution in [-0.2, 0) is 10.0 Å². The third kappa shape index (κ3) is 3.29. The van der Waals surface area contributed by atoms with Crippen LogP contribution in [0.3, 0.4) is 0 Å². The SMILES string of the molecule is Cc1cc(SC#N)ccc1NS(=O)(=O)c1cccs1. The molecule has 2 rings (SSSR count). The lowest BCUT2D eigenvalue weighted by Crippen LogP contribution is -2.12. The van der Waals surface area contributed by atoms with Gasteiger partial charge < -0.3 is 0 Å². The van der Waals surface area contributed by atoms with E-state index in [0.717, 1.165) is 22.2 Å². The van der Waals surface area contributed by atoms with Gasteiger partial charge in [-0.05, 0) is 53.9 Å². The van der Waals surface area contributed by atoms with Crippen molar-refractivity contribution < 1.29 is 8.42 Å². The van der Waals surface area contributed by atoms with Crippen molar-refractivity contribution in [1.82, 2.24) is 0 Å². The van der Waals surface area contributed by atoms with Crippen molar-refractivity contribution >= 4 is 38.8 Å². The maximum Gasteiger partial charge on any atom is 0.271 e. The molecular weight excluding hydrogens is 300 g/mol. The third-order valence-corrected chi connectivity index (χ3v) is 5.71. The molecule has 0 atom stereocenters. The largest absolute Gasteiger partial charge is 0.279 e. The molecule has 0 saturated heterocycles. The Balaban J connectivity index is 2.28. The molecule has 0 spiro atoms. The summed E-state index contributed by atoms with van der Waals surface area (Å²) in [4.78, 5) is 0.791. The van der Waals surface area contributed by atoms with E-state index in [4.69, 9.17) is 5.26 Å². The molecule has 1 aromatic carbocycles. The monoisotopic (exact) mass is 310 g/mol. The van der Waals surface area contributed by atoms with Gasteiger partial charge in [0, 0.05) is 4.90 Å². The van der Waals surface area contributed by atoms with Crippen molar-refractivity contribution in [1.29, 1.82) is 5.26 Å². The number of nitrogens with zero attached hydrogens (tertiary/aromatic N) is 1. The Morgan fingerprint density at radius 1 is 1.37 bits per heavy atom. The van der Waals surface area contributed by atoms with Gasteiger partial charge in [0.25, 0.3) is 10.0 Å². The van der Waals surface area contributed by atoms with E-state index in [0.29, 0.717) is 5.69 Å². The number of thiophene rings is 1. The highest BCUT2D eigenvalue weighted by Gasteiger charge is 2.16. The van der Waals surface area contributed by atoms with Crippen LogP contribution in [0.5, 0.6) is 0 Å². The van der Waals surface area contributed by atoms with Crippen LogP contribution in [0.25, 0.3) is 0 Å². The second-order valence-corrected chi connectivity index (χ2v) is 7.42. The zero-order valence-electron chi connectivity index (χ0n) is 9.95. The van der Waals surface area contributed by atoms with Crippen LogP contribution >= 0.6 is 23.1 Å². The lowest BCUT2D eigenvalue weighted by molar-refractivity contribution is 0.603. The molecule has 0 aliphatic carbocycles. The lowest BCUT2D eigenvalue weighted by Gasteiger charge is -2.09. The zero-order chi connectivity index (χ0) is 13.9. The van der Waals surface area contributed by atoms with Crippen LogP contribution in [0.4, 0.5) is 5.69 Å². The summed E-state index contributed by atoms with van der Waals surface area (Å²) in [5.41, 5.74) is 1.30. The fraction of sp³-hybridized carbons (Fsp3) is 0.0833. The number of nitrogens with one attached hydrogen (secondary N) is 1. The predicted molar refractivity (Wildman–Crippen MR) is 77.8 cm³/mol. The van der Waals surface area contributed by atoms with E-state index < -0.39 is 10.0 Å². The minimum Gasteiger partial charge on any atom is -0.279 e. The summed E-state index contributed by atoms with van der Waals surface area (Å²) >= 11 is 2.21. The molecule has 0 amide bonds. The molecule has 0 radical (unpaired) electrons. The predicted octanol–water partition coefficient (Wildman–Crippen LogP) is 3.43. The van der Waals surface area contributed by atoms with Crippen LogP contribution in [0.15, 0.2) is 44.8 Å². The fourth-order valence-electron chi connectivity index (χ4n) is 1.48. The molecule has 2 aromatic rings. The summed E-state index contributed by atoms with van der Waals surface area (Å²) in [5, 5.41) is 12.3. The number of anilines is 1. The van der Waals surface area contributed by atoms with E-state index in [9.17, 15) is 8.42 Å². The zero-order valence-corrected chi connectivity index (χ0v) is 12.4. The average Bonchev–Trinajstić information content (AvgIpc) is 2.87. The Morgan fingerprint density at radius 2 is 2.16 bits per heavy atom. The molecule has 1 N–H and O–H groups in total. The van der Waals surface area contributed by atoms with Crippen LogP contribution < -0.4 is 4.72 Å². The standard InChI is InChI=1S/C12H10N2O2S3/c1-9-7-10(18-8-13)4-5-11(9)14-19(15,16)12-3-2-6-17-12/h2-7,14H,1H3. The molecule has 0 aliphatic rings. The van der Waals surface area contributed by atoms with Crippen LogP contribution in [0.2, 0.25) is 0 Å². The summed E-state index contributed by atoms with van der Waals surface area (Å²) in [5.74, 6) is 0. The molecule has 0 aliphatic heterocycles. The van der Waals surface area contributed by atoms with Gasteiger partial charge in [0.05, 0.1) is 5.69 Å². The van der Waals surface area contributed by atoms with Gasteiger partial charge in [0.1, 0.15) is 9.61 Å². The van der Waals surface area contributed by atoms with Crippen molar-refractivity contribution in [3.63, 3.8) is 0 Å². The van der Waals surface area contributed by atoms with Gasteiger partial charge in [-0.25, -0.2) is 8.42 Å². The van der Waals surface area contributed by atoms with Gasteiger partial charge in [-0.2, -0.15) is 5.26 Å². The summed E-state index contributed by atoms with van der Waals surface area (Å²) in [6.45, 7) is 1.80. The number of aryl methyl sites for hydroxylation is 1. The molecule has 0 unspecified atom stereocenters. The Hall–Kier alpha value is -1.49. The van der Waals surface area contributed by atoms with Gasteiger partial charge in [-0.3, -0.25) is 4.72 Å². The molecule has 0 saturated carbocycles. The smallest absolute Gasteiger partial charge is 0.271 e. The second-order valence-electron chi connectivity index (χ2n) is 3.71. The van der Waals surface area contributed by atoms with Crippen molar-refractivity contribution in [3.05, 3.63) is 41.3 Å². The normalized spacial score (nSPS) is 10.9. The number of hydrogen-bond donors (Lipinski definition) is 1. The van der Waals surface area contributed by atoms with Crippen LogP contribution in [-0.4, -0.2) is 8.42 Å². The van der Waals surface area contributed by atoms with Crippen LogP contribution in [0, 0.1) is 17.6 Å². The number of benzene rings is 1. The minimum absolute atomic E-state index is 0.280. The minimum atomic E-state index is -3.52. The number of nitriles is 1. The quantitative estimate of drug-likeness (QED) is 0.694. The van der Waals surface area contributed by atoms with Crippen molar-refractivity contribution in [2.45, 2.75) is 16.0 Å². The average molecular weight is 310 g/mol. The molecule has 19 heavy (non-hydrogen) atoms. The van der Waals surface area contributed by atoms with Crippen molar-refractivity contribution in [2.75, 3.05) is 4.72 Å². The first-order valence-corrected chi connectivity index (χ1v) is 8.44. The molecule has 0 fully saturated rings. The first kappa shape index (κ1) is 13.9. The van der Waals surface area contributed by atoms with Crippen molar-refractivity contribution in [2.24, 2.45) is 0 Å². The maximum atomic E-state index is 12.1. The van der Waals surface area contributed by atoms with Crippen molar-refractivity contribution in [3.8, 4) is 5.40 Å². The van der Waals surface area contributed by atoms with Gasteiger partial charge >= 0.3 is 0 Å². The van der Waals surface area contributed by atoms with E-state index in [2.05, 4.69) is 4.72 Å². The van der Waals surface area contributed by atoms with E-state index in [1.807, 2.05) is 5.40 Å². The first-order chi connectivity index (χ1) is 9.03. The lowest BCUT2D eigenvalue weighted by atomic mass is 10.2. The molecule has 4 nitrogen and oxygen atoms in total. The summed E-state index contributed by atoms with van der Waals surface area (Å²) in [6.07, 6.45) is 0. The molecule has 1 heterocycles. The summed E-state index contributed by atoms with van der Waals surface area (Å²) in [7, 11) is -3.52. The van der Waals surface area contributed by atoms with E-state index in [1.54, 1.807) is 42.6 Å². The van der Waals surface area contributed by atoms with Gasteiger partial charge in [-0.1, -0.05) is 6.07 Å². The third-order valence-electron chi connectivity index (χ3n) is 2.37. The number of hydrogen-bond acceptors (Lipinski definition) is 5. The Bertz CT molecular complexity index is 716.